The number of oxazole rings is 1. The van der Waals surface area contributed by atoms with Crippen molar-refractivity contribution in [3.63, 3.8) is 0 Å². The Morgan fingerprint density at radius 2 is 2.04 bits per heavy atom. The monoisotopic (exact) mass is 349 g/mol. The molecule has 0 saturated heterocycles. The molecular weight excluding hydrogens is 337 g/mol. The number of aromatic hydroxyl groups is 1. The van der Waals surface area contributed by atoms with Crippen LogP contribution in [-0.4, -0.2) is 16.7 Å². The Balaban J connectivity index is 1.91. The first kappa shape index (κ1) is 15.7. The van der Waals surface area contributed by atoms with E-state index in [1.165, 1.54) is 0 Å². The lowest BCUT2D eigenvalue weighted by atomic mass is 10.2. The lowest BCUT2D eigenvalue weighted by Crippen LogP contribution is -1.92. The van der Waals surface area contributed by atoms with Gasteiger partial charge < -0.3 is 14.3 Å². The summed E-state index contributed by atoms with van der Waals surface area (Å²) in [5, 5.41) is 10.7. The molecule has 0 bridgehead atoms. The summed E-state index contributed by atoms with van der Waals surface area (Å²) in [6.45, 7) is 2.27. The second kappa shape index (κ2) is 6.52. The number of hydrogen-bond acceptors (Lipinski definition) is 4. The molecule has 0 unspecified atom stereocenters. The molecule has 23 heavy (non-hydrogen) atoms. The van der Waals surface area contributed by atoms with Gasteiger partial charge in [-0.1, -0.05) is 23.2 Å². The van der Waals surface area contributed by atoms with Crippen LogP contribution in [-0.2, 0) is 0 Å². The summed E-state index contributed by atoms with van der Waals surface area (Å²) >= 11 is 11.9. The number of phenols is 1. The highest BCUT2D eigenvalue weighted by Gasteiger charge is 2.09. The number of phenolic OH excluding ortho intramolecular Hbond substituents is 1. The Bertz CT molecular complexity index is 887. The molecule has 4 nitrogen and oxygen atoms in total. The van der Waals surface area contributed by atoms with Crippen molar-refractivity contribution in [2.45, 2.75) is 6.92 Å². The molecule has 0 saturated carbocycles. The number of halogens is 2. The largest absolute Gasteiger partial charge is 0.503 e. The van der Waals surface area contributed by atoms with Gasteiger partial charge in [0, 0.05) is 11.1 Å². The third-order valence-electron chi connectivity index (χ3n) is 3.14. The van der Waals surface area contributed by atoms with Gasteiger partial charge in [0.15, 0.2) is 17.1 Å². The van der Waals surface area contributed by atoms with Crippen LogP contribution in [0.4, 0.5) is 0 Å². The van der Waals surface area contributed by atoms with Gasteiger partial charge in [0.2, 0.25) is 5.89 Å². The number of ether oxygens (including phenoxy) is 1. The van der Waals surface area contributed by atoms with Crippen LogP contribution in [0.5, 0.6) is 11.5 Å². The minimum atomic E-state index is -0.0674. The third-order valence-corrected chi connectivity index (χ3v) is 3.66. The van der Waals surface area contributed by atoms with E-state index in [0.29, 0.717) is 34.4 Å². The first-order valence-corrected chi connectivity index (χ1v) is 7.72. The van der Waals surface area contributed by atoms with Crippen LogP contribution in [0.2, 0.25) is 10.0 Å². The van der Waals surface area contributed by atoms with E-state index in [-0.39, 0.29) is 10.8 Å². The Labute approximate surface area is 142 Å². The van der Waals surface area contributed by atoms with E-state index < -0.39 is 0 Å². The van der Waals surface area contributed by atoms with Gasteiger partial charge in [-0.2, -0.15) is 0 Å². The first-order valence-electron chi connectivity index (χ1n) is 6.96. The van der Waals surface area contributed by atoms with Gasteiger partial charge >= 0.3 is 0 Å². The molecule has 3 aromatic rings. The topological polar surface area (TPSA) is 55.5 Å². The first-order chi connectivity index (χ1) is 11.1. The van der Waals surface area contributed by atoms with E-state index in [9.17, 15) is 5.11 Å². The van der Waals surface area contributed by atoms with E-state index >= 15 is 0 Å². The van der Waals surface area contributed by atoms with E-state index in [0.717, 1.165) is 5.56 Å². The van der Waals surface area contributed by atoms with Crippen molar-refractivity contribution in [3.05, 3.63) is 51.8 Å². The smallest absolute Gasteiger partial charge is 0.220 e. The van der Waals surface area contributed by atoms with Crippen LogP contribution in [0, 0.1) is 0 Å². The Kier molecular flexibility index (Phi) is 4.46. The Morgan fingerprint density at radius 3 is 2.83 bits per heavy atom. The fourth-order valence-corrected chi connectivity index (χ4v) is 2.50. The second-order valence-electron chi connectivity index (χ2n) is 4.78. The molecule has 3 rings (SSSR count). The van der Waals surface area contributed by atoms with Crippen LogP contribution < -0.4 is 4.74 Å². The minimum absolute atomic E-state index is 0.0674. The highest BCUT2D eigenvalue weighted by molar-refractivity contribution is 6.32. The molecule has 0 aliphatic rings. The highest BCUT2D eigenvalue weighted by atomic mass is 35.5. The van der Waals surface area contributed by atoms with E-state index in [1.807, 2.05) is 6.92 Å². The molecule has 0 atom stereocenters. The summed E-state index contributed by atoms with van der Waals surface area (Å²) in [5.41, 5.74) is 2.11. The number of fused-ring (bicyclic) bond motifs is 1. The number of aromatic nitrogens is 1. The predicted octanol–water partition coefficient (Wildman–Crippen LogP) is 5.41. The van der Waals surface area contributed by atoms with Crippen molar-refractivity contribution in [3.8, 4) is 11.5 Å². The standard InChI is InChI=1S/C17H13Cl2NO3/c1-2-22-15-8-10(7-12(19)17(15)21)3-6-16-20-13-9-11(18)4-5-14(13)23-16/h3-9,21H,2H2,1H3. The van der Waals surface area contributed by atoms with Gasteiger partial charge in [-0.05, 0) is 48.9 Å². The van der Waals surface area contributed by atoms with Crippen LogP contribution in [0.25, 0.3) is 23.3 Å². The van der Waals surface area contributed by atoms with Crippen molar-refractivity contribution in [2.24, 2.45) is 0 Å². The Hall–Kier alpha value is -2.17. The lowest BCUT2D eigenvalue weighted by molar-refractivity contribution is 0.318. The predicted molar refractivity (Wildman–Crippen MR) is 92.2 cm³/mol. The maximum absolute atomic E-state index is 9.84. The van der Waals surface area contributed by atoms with Crippen molar-refractivity contribution >= 4 is 46.5 Å². The number of hydrogen-bond donors (Lipinski definition) is 1. The number of rotatable bonds is 4. The molecule has 2 aromatic carbocycles. The molecule has 0 radical (unpaired) electrons. The average molecular weight is 350 g/mol. The summed E-state index contributed by atoms with van der Waals surface area (Å²) in [6.07, 6.45) is 3.49. The molecule has 0 fully saturated rings. The zero-order valence-electron chi connectivity index (χ0n) is 12.2. The fourth-order valence-electron chi connectivity index (χ4n) is 2.11. The van der Waals surface area contributed by atoms with Crippen molar-refractivity contribution in [1.29, 1.82) is 0 Å². The third kappa shape index (κ3) is 3.44. The zero-order valence-corrected chi connectivity index (χ0v) is 13.7. The van der Waals surface area contributed by atoms with Gasteiger partial charge in [-0.15, -0.1) is 0 Å². The molecular formula is C17H13Cl2NO3. The van der Waals surface area contributed by atoms with Crippen LogP contribution >= 0.6 is 23.2 Å². The maximum Gasteiger partial charge on any atom is 0.220 e. The summed E-state index contributed by atoms with van der Waals surface area (Å²) < 4.78 is 11.0. The molecule has 0 aliphatic carbocycles. The highest BCUT2D eigenvalue weighted by Crippen LogP contribution is 2.35. The molecule has 1 heterocycles. The SMILES string of the molecule is CCOc1cc(C=Cc2nc3cc(Cl)ccc3o2)cc(Cl)c1O. The van der Waals surface area contributed by atoms with Gasteiger partial charge in [0.1, 0.15) is 5.52 Å². The number of nitrogens with zero attached hydrogens (tertiary/aromatic N) is 1. The van der Waals surface area contributed by atoms with Gasteiger partial charge in [-0.3, -0.25) is 0 Å². The normalized spacial score (nSPS) is 11.4. The van der Waals surface area contributed by atoms with Crippen LogP contribution in [0.3, 0.4) is 0 Å². The van der Waals surface area contributed by atoms with Crippen molar-refractivity contribution in [2.75, 3.05) is 6.61 Å². The summed E-state index contributed by atoms with van der Waals surface area (Å²) in [7, 11) is 0. The number of benzene rings is 2. The molecule has 1 aromatic heterocycles. The van der Waals surface area contributed by atoms with Crippen molar-refractivity contribution in [1.82, 2.24) is 4.98 Å². The van der Waals surface area contributed by atoms with Crippen LogP contribution in [0.1, 0.15) is 18.4 Å². The van der Waals surface area contributed by atoms with Gasteiger partial charge in [-0.25, -0.2) is 4.98 Å². The van der Waals surface area contributed by atoms with E-state index in [1.54, 1.807) is 42.5 Å². The average Bonchev–Trinajstić information content (AvgIpc) is 2.92. The summed E-state index contributed by atoms with van der Waals surface area (Å²) in [4.78, 5) is 4.34. The molecule has 0 aliphatic heterocycles. The second-order valence-corrected chi connectivity index (χ2v) is 5.62. The molecule has 118 valence electrons. The van der Waals surface area contributed by atoms with E-state index in [2.05, 4.69) is 4.98 Å². The summed E-state index contributed by atoms with van der Waals surface area (Å²) in [5.74, 6) is 0.718. The zero-order chi connectivity index (χ0) is 16.4. The lowest BCUT2D eigenvalue weighted by Gasteiger charge is -2.08. The van der Waals surface area contributed by atoms with Gasteiger partial charge in [0.25, 0.3) is 0 Å². The Morgan fingerprint density at radius 1 is 1.22 bits per heavy atom. The van der Waals surface area contributed by atoms with Crippen molar-refractivity contribution < 1.29 is 14.3 Å². The maximum atomic E-state index is 9.84. The molecule has 0 spiro atoms. The summed E-state index contributed by atoms with van der Waals surface area (Å²) in [6, 6.07) is 8.59. The van der Waals surface area contributed by atoms with E-state index in [4.69, 9.17) is 32.4 Å². The quantitative estimate of drug-likeness (QED) is 0.684. The molecule has 1 N–H and O–H groups in total. The van der Waals surface area contributed by atoms with Gasteiger partial charge in [0.05, 0.1) is 11.6 Å². The molecule has 0 amide bonds. The minimum Gasteiger partial charge on any atom is -0.503 e. The van der Waals surface area contributed by atoms with Crippen LogP contribution in [0.15, 0.2) is 34.7 Å². The fraction of sp³-hybridized carbons (Fsp3) is 0.118. The molecule has 6 heteroatoms.